The molecule has 1 aromatic rings. The number of rotatable bonds is 1. The van der Waals surface area contributed by atoms with Crippen molar-refractivity contribution in [3.05, 3.63) is 47.0 Å². The zero-order valence-electron chi connectivity index (χ0n) is 10.3. The van der Waals surface area contributed by atoms with Crippen molar-refractivity contribution in [1.29, 1.82) is 0 Å². The van der Waals surface area contributed by atoms with E-state index in [1.165, 1.54) is 11.1 Å². The first-order chi connectivity index (χ1) is 8.11. The Kier molecular flexibility index (Phi) is 3.18. The van der Waals surface area contributed by atoms with Gasteiger partial charge in [0.25, 0.3) is 0 Å². The van der Waals surface area contributed by atoms with E-state index in [0.29, 0.717) is 6.54 Å². The van der Waals surface area contributed by atoms with Gasteiger partial charge in [0.15, 0.2) is 0 Å². The van der Waals surface area contributed by atoms with E-state index in [-0.39, 0.29) is 12.1 Å². The van der Waals surface area contributed by atoms with Gasteiger partial charge in [-0.15, -0.1) is 0 Å². The Bertz CT molecular complexity index is 451. The zero-order chi connectivity index (χ0) is 12.4. The predicted molar refractivity (Wildman–Crippen MR) is 68.5 cm³/mol. The molecule has 0 aliphatic carbocycles. The number of urea groups is 1. The van der Waals surface area contributed by atoms with Gasteiger partial charge in [0, 0.05) is 6.54 Å². The lowest BCUT2D eigenvalue weighted by Crippen LogP contribution is -2.42. The third-order valence-corrected chi connectivity index (χ3v) is 3.52. The molecule has 17 heavy (non-hydrogen) atoms. The van der Waals surface area contributed by atoms with E-state index in [1.54, 1.807) is 4.90 Å². The summed E-state index contributed by atoms with van der Waals surface area (Å²) in [5, 5.41) is 0. The summed E-state index contributed by atoms with van der Waals surface area (Å²) in [5.41, 5.74) is 9.19. The number of hydrogen-bond donors (Lipinski definition) is 1. The molecule has 0 radical (unpaired) electrons. The molecule has 1 aromatic carbocycles. The number of carbonyl (C=O) groups is 1. The molecule has 1 aliphatic rings. The molecule has 0 saturated carbocycles. The highest BCUT2D eigenvalue weighted by molar-refractivity contribution is 5.73. The molecule has 3 heteroatoms. The molecule has 1 atom stereocenters. The van der Waals surface area contributed by atoms with Gasteiger partial charge in [-0.25, -0.2) is 4.79 Å². The average molecular weight is 230 g/mol. The van der Waals surface area contributed by atoms with Crippen molar-refractivity contribution < 1.29 is 4.79 Å². The minimum absolute atomic E-state index is 0.00227. The van der Waals surface area contributed by atoms with Gasteiger partial charge in [0.1, 0.15) is 0 Å². The number of carbonyl (C=O) groups excluding carboxylic acids is 1. The van der Waals surface area contributed by atoms with Gasteiger partial charge in [0.05, 0.1) is 6.04 Å². The molecule has 2 N–H and O–H groups in total. The fourth-order valence-corrected chi connectivity index (χ4v) is 2.38. The lowest BCUT2D eigenvalue weighted by molar-refractivity contribution is 0.188. The monoisotopic (exact) mass is 230 g/mol. The number of nitrogens with zero attached hydrogens (tertiary/aromatic N) is 1. The van der Waals surface area contributed by atoms with Crippen LogP contribution in [0.4, 0.5) is 4.79 Å². The van der Waals surface area contributed by atoms with Gasteiger partial charge in [-0.05, 0) is 31.4 Å². The Morgan fingerprint density at radius 2 is 1.94 bits per heavy atom. The van der Waals surface area contributed by atoms with Crippen molar-refractivity contribution in [2.75, 3.05) is 6.54 Å². The second kappa shape index (κ2) is 4.62. The second-order valence-electron chi connectivity index (χ2n) is 4.56. The Morgan fingerprint density at radius 1 is 1.29 bits per heavy atom. The third-order valence-electron chi connectivity index (χ3n) is 3.52. The standard InChI is InChI=1S/C14H18N2O/c1-10-8-9-16(14(15)17)13(11(10)2)12-6-4-3-5-7-12/h3-7,13H,8-9H2,1-2H3,(H2,15,17). The molecule has 2 rings (SSSR count). The van der Waals surface area contributed by atoms with E-state index in [2.05, 4.69) is 13.8 Å². The molecule has 0 fully saturated rings. The van der Waals surface area contributed by atoms with E-state index in [9.17, 15) is 4.79 Å². The highest BCUT2D eigenvalue weighted by Gasteiger charge is 2.29. The topological polar surface area (TPSA) is 46.3 Å². The summed E-state index contributed by atoms with van der Waals surface area (Å²) in [6.07, 6.45) is 0.915. The SMILES string of the molecule is CC1=C(C)C(c2ccccc2)N(C(N)=O)CC1. The first-order valence-electron chi connectivity index (χ1n) is 5.88. The predicted octanol–water partition coefficient (Wildman–Crippen LogP) is 2.85. The van der Waals surface area contributed by atoms with Crippen molar-refractivity contribution in [2.24, 2.45) is 5.73 Å². The molecule has 0 aromatic heterocycles. The van der Waals surface area contributed by atoms with Crippen molar-refractivity contribution in [3.8, 4) is 0 Å². The Balaban J connectivity index is 2.44. The lowest BCUT2D eigenvalue weighted by Gasteiger charge is -2.36. The van der Waals surface area contributed by atoms with E-state index in [0.717, 1.165) is 12.0 Å². The summed E-state index contributed by atoms with van der Waals surface area (Å²) in [5.74, 6) is 0. The van der Waals surface area contributed by atoms with Gasteiger partial charge in [-0.1, -0.05) is 35.9 Å². The molecule has 1 aliphatic heterocycles. The van der Waals surface area contributed by atoms with Crippen LogP contribution in [-0.4, -0.2) is 17.5 Å². The van der Waals surface area contributed by atoms with Gasteiger partial charge in [0.2, 0.25) is 0 Å². The van der Waals surface area contributed by atoms with Gasteiger partial charge in [-0.3, -0.25) is 0 Å². The number of primary amides is 1. The number of amides is 2. The summed E-state index contributed by atoms with van der Waals surface area (Å²) < 4.78 is 0. The van der Waals surface area contributed by atoms with Crippen molar-refractivity contribution in [2.45, 2.75) is 26.3 Å². The number of benzene rings is 1. The van der Waals surface area contributed by atoms with E-state index in [4.69, 9.17) is 5.73 Å². The second-order valence-corrected chi connectivity index (χ2v) is 4.56. The summed E-state index contributed by atoms with van der Waals surface area (Å²) >= 11 is 0. The van der Waals surface area contributed by atoms with Gasteiger partial charge >= 0.3 is 6.03 Å². The Labute approximate surface area is 102 Å². The van der Waals surface area contributed by atoms with Crippen LogP contribution >= 0.6 is 0 Å². The summed E-state index contributed by atoms with van der Waals surface area (Å²) in [7, 11) is 0. The fraction of sp³-hybridized carbons (Fsp3) is 0.357. The molecule has 3 nitrogen and oxygen atoms in total. The van der Waals surface area contributed by atoms with Gasteiger partial charge < -0.3 is 10.6 Å². The molecule has 1 heterocycles. The average Bonchev–Trinajstić information content (AvgIpc) is 2.33. The first kappa shape index (κ1) is 11.7. The van der Waals surface area contributed by atoms with Crippen LogP contribution in [0.5, 0.6) is 0 Å². The number of hydrogen-bond acceptors (Lipinski definition) is 1. The van der Waals surface area contributed by atoms with Crippen LogP contribution in [-0.2, 0) is 0 Å². The summed E-state index contributed by atoms with van der Waals surface area (Å²) in [6.45, 7) is 4.92. The maximum atomic E-state index is 11.5. The van der Waals surface area contributed by atoms with Crippen molar-refractivity contribution in [3.63, 3.8) is 0 Å². The van der Waals surface area contributed by atoms with E-state index in [1.807, 2.05) is 30.3 Å². The summed E-state index contributed by atoms with van der Waals surface area (Å²) in [6, 6.07) is 9.71. The highest BCUT2D eigenvalue weighted by atomic mass is 16.2. The van der Waals surface area contributed by atoms with Crippen LogP contribution in [0.15, 0.2) is 41.5 Å². The van der Waals surface area contributed by atoms with Crippen molar-refractivity contribution in [1.82, 2.24) is 4.90 Å². The molecule has 90 valence electrons. The maximum Gasteiger partial charge on any atom is 0.315 e. The van der Waals surface area contributed by atoms with Crippen LogP contribution in [0, 0.1) is 0 Å². The minimum Gasteiger partial charge on any atom is -0.351 e. The molecular formula is C14H18N2O. The molecule has 0 bridgehead atoms. The molecular weight excluding hydrogens is 212 g/mol. The van der Waals surface area contributed by atoms with Crippen LogP contribution < -0.4 is 5.73 Å². The van der Waals surface area contributed by atoms with Crippen LogP contribution in [0.25, 0.3) is 0 Å². The molecule has 1 unspecified atom stereocenters. The largest absolute Gasteiger partial charge is 0.351 e. The van der Waals surface area contributed by atoms with E-state index < -0.39 is 0 Å². The normalized spacial score (nSPS) is 20.6. The Hall–Kier alpha value is -1.77. The van der Waals surface area contributed by atoms with Crippen LogP contribution in [0.1, 0.15) is 31.9 Å². The maximum absolute atomic E-state index is 11.5. The van der Waals surface area contributed by atoms with Gasteiger partial charge in [-0.2, -0.15) is 0 Å². The first-order valence-corrected chi connectivity index (χ1v) is 5.88. The minimum atomic E-state index is -0.342. The highest BCUT2D eigenvalue weighted by Crippen LogP contribution is 2.34. The Morgan fingerprint density at radius 3 is 2.53 bits per heavy atom. The zero-order valence-corrected chi connectivity index (χ0v) is 10.3. The molecule has 0 saturated heterocycles. The van der Waals surface area contributed by atoms with Crippen LogP contribution in [0.2, 0.25) is 0 Å². The molecule has 0 spiro atoms. The smallest absolute Gasteiger partial charge is 0.315 e. The van der Waals surface area contributed by atoms with Crippen molar-refractivity contribution >= 4 is 6.03 Å². The number of nitrogens with two attached hydrogens (primary N) is 1. The van der Waals surface area contributed by atoms with E-state index >= 15 is 0 Å². The fourth-order valence-electron chi connectivity index (χ4n) is 2.38. The van der Waals surface area contributed by atoms with Crippen LogP contribution in [0.3, 0.4) is 0 Å². The quantitative estimate of drug-likeness (QED) is 0.741. The summed E-state index contributed by atoms with van der Waals surface area (Å²) in [4.78, 5) is 13.3. The molecule has 2 amide bonds. The lowest BCUT2D eigenvalue weighted by atomic mass is 9.90. The third kappa shape index (κ3) is 2.18.